The van der Waals surface area contributed by atoms with E-state index in [1.807, 2.05) is 6.07 Å². The topological polar surface area (TPSA) is 56.8 Å². The summed E-state index contributed by atoms with van der Waals surface area (Å²) in [6.07, 6.45) is 0.562. The molecule has 106 valence electrons. The van der Waals surface area contributed by atoms with Gasteiger partial charge in [-0.05, 0) is 24.6 Å². The highest BCUT2D eigenvalue weighted by molar-refractivity contribution is 5.31. The van der Waals surface area contributed by atoms with Gasteiger partial charge in [-0.1, -0.05) is 12.1 Å². The van der Waals surface area contributed by atoms with Crippen molar-refractivity contribution in [2.24, 2.45) is 0 Å². The van der Waals surface area contributed by atoms with E-state index in [2.05, 4.69) is 32.3 Å². The predicted octanol–water partition coefficient (Wildman–Crippen LogP) is 1.33. The molecule has 0 aliphatic carbocycles. The number of rotatable bonds is 3. The second kappa shape index (κ2) is 5.58. The van der Waals surface area contributed by atoms with Crippen LogP contribution in [-0.4, -0.2) is 40.9 Å². The molecule has 1 aliphatic rings. The molecule has 1 aliphatic heterocycles. The molecule has 3 rings (SSSR count). The van der Waals surface area contributed by atoms with E-state index in [-0.39, 0.29) is 5.82 Å². The summed E-state index contributed by atoms with van der Waals surface area (Å²) in [6, 6.07) is 7.00. The summed E-state index contributed by atoms with van der Waals surface area (Å²) in [5, 5.41) is 10.6. The zero-order valence-electron chi connectivity index (χ0n) is 11.4. The van der Waals surface area contributed by atoms with Crippen molar-refractivity contribution < 1.29 is 4.39 Å². The summed E-state index contributed by atoms with van der Waals surface area (Å²) in [7, 11) is 0. The van der Waals surface area contributed by atoms with Crippen molar-refractivity contribution in [3.8, 4) is 0 Å². The molecule has 20 heavy (non-hydrogen) atoms. The maximum Gasteiger partial charge on any atom is 0.244 e. The molecule has 0 saturated carbocycles. The first-order valence-corrected chi connectivity index (χ1v) is 6.85. The van der Waals surface area contributed by atoms with Crippen molar-refractivity contribution >= 4 is 5.95 Å². The molecule has 2 N–H and O–H groups in total. The number of benzene rings is 1. The lowest BCUT2D eigenvalue weighted by Gasteiger charge is -2.30. The Morgan fingerprint density at radius 1 is 1.45 bits per heavy atom. The molecule has 2 heterocycles. The molecule has 0 spiro atoms. The molecule has 2 aromatic rings. The Bertz CT molecular complexity index is 582. The van der Waals surface area contributed by atoms with Crippen LogP contribution in [0.4, 0.5) is 10.3 Å². The maximum absolute atomic E-state index is 13.1. The number of hydrogen-bond donors (Lipinski definition) is 2. The lowest BCUT2D eigenvalue weighted by atomic mass is 10.1. The van der Waals surface area contributed by atoms with E-state index in [9.17, 15) is 4.39 Å². The Hall–Kier alpha value is -1.95. The number of piperazine rings is 1. The van der Waals surface area contributed by atoms with Crippen LogP contribution in [0.25, 0.3) is 0 Å². The molecule has 1 atom stereocenters. The van der Waals surface area contributed by atoms with Crippen LogP contribution in [0.15, 0.2) is 24.3 Å². The number of anilines is 1. The minimum Gasteiger partial charge on any atom is -0.337 e. The number of hydrogen-bond acceptors (Lipinski definition) is 4. The predicted molar refractivity (Wildman–Crippen MR) is 75.3 cm³/mol. The molecule has 5 nitrogen and oxygen atoms in total. The monoisotopic (exact) mass is 275 g/mol. The van der Waals surface area contributed by atoms with Crippen LogP contribution in [0.1, 0.15) is 18.3 Å². The second-order valence-electron chi connectivity index (χ2n) is 5.19. The van der Waals surface area contributed by atoms with Crippen molar-refractivity contribution in [2.45, 2.75) is 19.4 Å². The molecule has 1 aromatic carbocycles. The summed E-state index contributed by atoms with van der Waals surface area (Å²) >= 11 is 0. The van der Waals surface area contributed by atoms with Crippen LogP contribution < -0.4 is 10.2 Å². The Kier molecular flexibility index (Phi) is 3.64. The molecule has 0 amide bonds. The van der Waals surface area contributed by atoms with Crippen molar-refractivity contribution in [1.29, 1.82) is 0 Å². The van der Waals surface area contributed by atoms with Crippen molar-refractivity contribution in [2.75, 3.05) is 24.5 Å². The van der Waals surface area contributed by atoms with Gasteiger partial charge in [-0.3, -0.25) is 5.10 Å². The SMILES string of the molecule is C[C@@H]1CN(c2n[nH]c(Cc3cccc(F)c3)n2)CCN1. The first kappa shape index (κ1) is 13.1. The minimum absolute atomic E-state index is 0.224. The van der Waals surface area contributed by atoms with E-state index in [1.165, 1.54) is 12.1 Å². The van der Waals surface area contributed by atoms with Gasteiger partial charge in [0.25, 0.3) is 0 Å². The van der Waals surface area contributed by atoms with E-state index >= 15 is 0 Å². The first-order valence-electron chi connectivity index (χ1n) is 6.85. The van der Waals surface area contributed by atoms with E-state index in [0.29, 0.717) is 12.5 Å². The molecular formula is C14H18FN5. The van der Waals surface area contributed by atoms with Gasteiger partial charge in [-0.2, -0.15) is 4.98 Å². The molecule has 6 heteroatoms. The van der Waals surface area contributed by atoms with Crippen molar-refractivity contribution in [3.05, 3.63) is 41.5 Å². The van der Waals surface area contributed by atoms with E-state index in [4.69, 9.17) is 0 Å². The summed E-state index contributed by atoms with van der Waals surface area (Å²) < 4.78 is 13.1. The summed E-state index contributed by atoms with van der Waals surface area (Å²) in [5.41, 5.74) is 0.890. The highest BCUT2D eigenvalue weighted by Gasteiger charge is 2.19. The van der Waals surface area contributed by atoms with Gasteiger partial charge in [0, 0.05) is 32.1 Å². The smallest absolute Gasteiger partial charge is 0.244 e. The first-order chi connectivity index (χ1) is 9.70. The number of aromatic amines is 1. The van der Waals surface area contributed by atoms with E-state index < -0.39 is 0 Å². The van der Waals surface area contributed by atoms with Crippen LogP contribution >= 0.6 is 0 Å². The Morgan fingerprint density at radius 2 is 2.35 bits per heavy atom. The zero-order valence-corrected chi connectivity index (χ0v) is 11.4. The van der Waals surface area contributed by atoms with Gasteiger partial charge in [-0.15, -0.1) is 5.10 Å². The highest BCUT2D eigenvalue weighted by Crippen LogP contribution is 2.13. The largest absolute Gasteiger partial charge is 0.337 e. The Labute approximate surface area is 117 Å². The van der Waals surface area contributed by atoms with Gasteiger partial charge < -0.3 is 10.2 Å². The number of nitrogens with zero attached hydrogens (tertiary/aromatic N) is 3. The molecule has 1 fully saturated rings. The average Bonchev–Trinajstić information content (AvgIpc) is 2.87. The van der Waals surface area contributed by atoms with Crippen LogP contribution in [0, 0.1) is 5.82 Å². The molecule has 1 saturated heterocycles. The molecule has 0 unspecified atom stereocenters. The Balaban J connectivity index is 1.70. The fourth-order valence-electron chi connectivity index (χ4n) is 2.46. The third-order valence-electron chi connectivity index (χ3n) is 3.43. The Morgan fingerprint density at radius 3 is 3.15 bits per heavy atom. The molecular weight excluding hydrogens is 257 g/mol. The highest BCUT2D eigenvalue weighted by atomic mass is 19.1. The molecule has 1 aromatic heterocycles. The van der Waals surface area contributed by atoms with Gasteiger partial charge >= 0.3 is 0 Å². The van der Waals surface area contributed by atoms with Gasteiger partial charge in [0.2, 0.25) is 5.95 Å². The zero-order chi connectivity index (χ0) is 13.9. The third kappa shape index (κ3) is 2.96. The van der Waals surface area contributed by atoms with E-state index in [1.54, 1.807) is 6.07 Å². The molecule has 0 bridgehead atoms. The summed E-state index contributed by atoms with van der Waals surface area (Å²) in [6.45, 7) is 4.89. The third-order valence-corrected chi connectivity index (χ3v) is 3.43. The number of aromatic nitrogens is 3. The lowest BCUT2D eigenvalue weighted by Crippen LogP contribution is -2.49. The van der Waals surface area contributed by atoms with Gasteiger partial charge in [0.05, 0.1) is 0 Å². The summed E-state index contributed by atoms with van der Waals surface area (Å²) in [5.74, 6) is 1.26. The van der Waals surface area contributed by atoms with Gasteiger partial charge in [-0.25, -0.2) is 4.39 Å². The van der Waals surface area contributed by atoms with Crippen LogP contribution in [-0.2, 0) is 6.42 Å². The fraction of sp³-hybridized carbons (Fsp3) is 0.429. The van der Waals surface area contributed by atoms with E-state index in [0.717, 1.165) is 37.0 Å². The standard InChI is InChI=1S/C14H18FN5/c1-10-9-20(6-5-16-10)14-17-13(18-19-14)8-11-3-2-4-12(15)7-11/h2-4,7,10,16H,5-6,8-9H2,1H3,(H,17,18,19)/t10-/m1/s1. The quantitative estimate of drug-likeness (QED) is 0.887. The van der Waals surface area contributed by atoms with Crippen molar-refractivity contribution in [1.82, 2.24) is 20.5 Å². The van der Waals surface area contributed by atoms with Crippen LogP contribution in [0.3, 0.4) is 0 Å². The minimum atomic E-state index is -0.224. The lowest BCUT2D eigenvalue weighted by molar-refractivity contribution is 0.480. The van der Waals surface area contributed by atoms with Gasteiger partial charge in [0.15, 0.2) is 0 Å². The average molecular weight is 275 g/mol. The summed E-state index contributed by atoms with van der Waals surface area (Å²) in [4.78, 5) is 6.66. The number of H-pyrrole nitrogens is 1. The molecule has 0 radical (unpaired) electrons. The van der Waals surface area contributed by atoms with Crippen LogP contribution in [0.5, 0.6) is 0 Å². The normalized spacial score (nSPS) is 19.3. The fourth-order valence-corrected chi connectivity index (χ4v) is 2.46. The number of halogens is 1. The van der Waals surface area contributed by atoms with Crippen molar-refractivity contribution in [3.63, 3.8) is 0 Å². The second-order valence-corrected chi connectivity index (χ2v) is 5.19. The van der Waals surface area contributed by atoms with Gasteiger partial charge in [0.1, 0.15) is 11.6 Å². The maximum atomic E-state index is 13.1. The van der Waals surface area contributed by atoms with Crippen LogP contribution in [0.2, 0.25) is 0 Å². The number of nitrogens with one attached hydrogen (secondary N) is 2.